The van der Waals surface area contributed by atoms with E-state index in [4.69, 9.17) is 4.74 Å². The Kier molecular flexibility index (Phi) is 7.58. The third kappa shape index (κ3) is 6.82. The van der Waals surface area contributed by atoms with Gasteiger partial charge in [0.1, 0.15) is 11.5 Å². The molecular weight excluding hydrogens is 386 g/mol. The van der Waals surface area contributed by atoms with E-state index in [1.165, 1.54) is 24.2 Å². The first kappa shape index (κ1) is 21.2. The van der Waals surface area contributed by atoms with Gasteiger partial charge in [-0.2, -0.15) is 0 Å². The van der Waals surface area contributed by atoms with Crippen molar-refractivity contribution < 1.29 is 19.1 Å². The molecule has 0 atom stereocenters. The minimum atomic E-state index is -0.212. The van der Waals surface area contributed by atoms with Gasteiger partial charge in [0.25, 0.3) is 0 Å². The molecule has 0 radical (unpaired) electrons. The molecule has 0 bridgehead atoms. The largest absolute Gasteiger partial charge is 0.490 e. The molecule has 0 aliphatic heterocycles. The third-order valence-corrected chi connectivity index (χ3v) is 6.04. The maximum absolute atomic E-state index is 12.2. The van der Waals surface area contributed by atoms with Crippen LogP contribution in [0, 0.1) is 6.92 Å². The Bertz CT molecular complexity index is 867. The molecule has 1 aliphatic carbocycles. The second-order valence-electron chi connectivity index (χ2n) is 7.47. The number of rotatable bonds is 10. The zero-order valence-electron chi connectivity index (χ0n) is 16.7. The molecule has 0 saturated heterocycles. The van der Waals surface area contributed by atoms with Crippen LogP contribution in [-0.4, -0.2) is 23.6 Å². The molecule has 0 spiro atoms. The normalized spacial score (nSPS) is 14.0. The predicted molar refractivity (Wildman–Crippen MR) is 115 cm³/mol. The molecule has 1 aromatic carbocycles. The number of ether oxygens (including phenoxy) is 1. The third-order valence-electron chi connectivity index (χ3n) is 5.00. The van der Waals surface area contributed by atoms with Crippen molar-refractivity contribution in [3.8, 4) is 5.75 Å². The molecule has 2 aromatic rings. The fraction of sp³-hybridized carbons (Fsp3) is 0.435. The van der Waals surface area contributed by atoms with E-state index in [2.05, 4.69) is 5.32 Å². The van der Waals surface area contributed by atoms with Gasteiger partial charge in [0.15, 0.2) is 5.78 Å². The molecule has 6 heteroatoms. The Morgan fingerprint density at radius 3 is 2.52 bits per heavy atom. The number of anilines is 1. The molecule has 1 amide bonds. The molecule has 1 heterocycles. The summed E-state index contributed by atoms with van der Waals surface area (Å²) in [5.41, 5.74) is 0.668. The summed E-state index contributed by atoms with van der Waals surface area (Å²) >= 11 is 1.44. The van der Waals surface area contributed by atoms with E-state index in [1.54, 1.807) is 6.07 Å². The lowest BCUT2D eigenvalue weighted by Crippen LogP contribution is -2.14. The van der Waals surface area contributed by atoms with Crippen LogP contribution in [0.2, 0.25) is 0 Å². The standard InChI is InChI=1S/C23H27NO4S/c1-16-9-13-22(29-16)21(26)12-10-18(25)11-14-23(27)24-17-5-4-8-20(15-17)28-19-6-2-3-7-19/h4-5,8-9,13,15,19H,2-3,6-7,10-12,14H2,1H3,(H,24,27). The van der Waals surface area contributed by atoms with Gasteiger partial charge in [0.05, 0.1) is 11.0 Å². The summed E-state index contributed by atoms with van der Waals surface area (Å²) in [6.07, 6.45) is 5.44. The lowest BCUT2D eigenvalue weighted by Gasteiger charge is -2.14. The van der Waals surface area contributed by atoms with Crippen LogP contribution in [0.1, 0.15) is 65.9 Å². The Balaban J connectivity index is 1.39. The number of nitrogens with one attached hydrogen (secondary N) is 1. The van der Waals surface area contributed by atoms with Crippen molar-refractivity contribution in [3.05, 3.63) is 46.2 Å². The molecule has 0 unspecified atom stereocenters. The van der Waals surface area contributed by atoms with Gasteiger partial charge in [-0.3, -0.25) is 14.4 Å². The van der Waals surface area contributed by atoms with Crippen LogP contribution in [0.4, 0.5) is 5.69 Å². The number of carbonyl (C=O) groups excluding carboxylic acids is 3. The van der Waals surface area contributed by atoms with Crippen molar-refractivity contribution in [3.63, 3.8) is 0 Å². The van der Waals surface area contributed by atoms with Gasteiger partial charge in [-0.1, -0.05) is 6.07 Å². The van der Waals surface area contributed by atoms with Gasteiger partial charge in [0, 0.05) is 42.3 Å². The molecule has 1 fully saturated rings. The molecular formula is C23H27NO4S. The lowest BCUT2D eigenvalue weighted by atomic mass is 10.1. The first-order chi connectivity index (χ1) is 14.0. The topological polar surface area (TPSA) is 72.5 Å². The molecule has 1 N–H and O–H groups in total. The van der Waals surface area contributed by atoms with Gasteiger partial charge >= 0.3 is 0 Å². The second kappa shape index (κ2) is 10.3. The number of aryl methyl sites for hydroxylation is 1. The first-order valence-corrected chi connectivity index (χ1v) is 11.0. The van der Waals surface area contributed by atoms with Crippen LogP contribution in [0.25, 0.3) is 0 Å². The monoisotopic (exact) mass is 413 g/mol. The van der Waals surface area contributed by atoms with Crippen LogP contribution >= 0.6 is 11.3 Å². The number of amides is 1. The summed E-state index contributed by atoms with van der Waals surface area (Å²) in [4.78, 5) is 38.0. The summed E-state index contributed by atoms with van der Waals surface area (Å²) < 4.78 is 5.95. The number of benzene rings is 1. The molecule has 1 saturated carbocycles. The summed E-state index contributed by atoms with van der Waals surface area (Å²) in [5.74, 6) is 0.463. The average Bonchev–Trinajstić information content (AvgIpc) is 3.36. The van der Waals surface area contributed by atoms with Gasteiger partial charge in [-0.25, -0.2) is 0 Å². The Labute approximate surface area is 175 Å². The van der Waals surface area contributed by atoms with Crippen molar-refractivity contribution >= 4 is 34.5 Å². The Morgan fingerprint density at radius 2 is 1.79 bits per heavy atom. The van der Waals surface area contributed by atoms with Crippen LogP contribution in [0.15, 0.2) is 36.4 Å². The highest BCUT2D eigenvalue weighted by Crippen LogP contribution is 2.26. The van der Waals surface area contributed by atoms with Crippen molar-refractivity contribution in [1.29, 1.82) is 0 Å². The fourth-order valence-electron chi connectivity index (χ4n) is 3.41. The quantitative estimate of drug-likeness (QED) is 0.535. The highest BCUT2D eigenvalue weighted by atomic mass is 32.1. The Morgan fingerprint density at radius 1 is 1.03 bits per heavy atom. The van der Waals surface area contributed by atoms with E-state index < -0.39 is 0 Å². The van der Waals surface area contributed by atoms with Crippen LogP contribution in [0.3, 0.4) is 0 Å². The first-order valence-electron chi connectivity index (χ1n) is 10.2. The smallest absolute Gasteiger partial charge is 0.224 e. The minimum absolute atomic E-state index is 0.0139. The maximum atomic E-state index is 12.2. The predicted octanol–water partition coefficient (Wildman–Crippen LogP) is 5.33. The molecule has 29 heavy (non-hydrogen) atoms. The van der Waals surface area contributed by atoms with E-state index >= 15 is 0 Å². The zero-order valence-corrected chi connectivity index (χ0v) is 17.6. The molecule has 1 aliphatic rings. The van der Waals surface area contributed by atoms with Crippen molar-refractivity contribution in [2.75, 3.05) is 5.32 Å². The average molecular weight is 414 g/mol. The number of carbonyl (C=O) groups is 3. The van der Waals surface area contributed by atoms with Crippen LogP contribution < -0.4 is 10.1 Å². The maximum Gasteiger partial charge on any atom is 0.224 e. The number of hydrogen-bond acceptors (Lipinski definition) is 5. The number of Topliss-reactive ketones (excluding diaryl/α,β-unsaturated/α-hetero) is 2. The fourth-order valence-corrected chi connectivity index (χ4v) is 4.24. The van der Waals surface area contributed by atoms with E-state index in [0.29, 0.717) is 10.6 Å². The van der Waals surface area contributed by atoms with Gasteiger partial charge in [0.2, 0.25) is 5.91 Å². The number of thiophene rings is 1. The zero-order chi connectivity index (χ0) is 20.6. The van der Waals surface area contributed by atoms with E-state index in [-0.39, 0.29) is 49.3 Å². The van der Waals surface area contributed by atoms with Crippen molar-refractivity contribution in [2.24, 2.45) is 0 Å². The molecule has 1 aromatic heterocycles. The number of ketones is 2. The summed E-state index contributed by atoms with van der Waals surface area (Å²) in [7, 11) is 0. The van der Waals surface area contributed by atoms with E-state index in [0.717, 1.165) is 23.5 Å². The second-order valence-corrected chi connectivity index (χ2v) is 8.76. The van der Waals surface area contributed by atoms with E-state index in [1.807, 2.05) is 37.3 Å². The van der Waals surface area contributed by atoms with Gasteiger partial charge in [-0.15, -0.1) is 11.3 Å². The minimum Gasteiger partial charge on any atom is -0.490 e. The Hall–Kier alpha value is -2.47. The molecule has 154 valence electrons. The highest BCUT2D eigenvalue weighted by Gasteiger charge is 2.17. The SMILES string of the molecule is Cc1ccc(C(=O)CCC(=O)CCC(=O)Nc2cccc(OC3CCCC3)c2)s1. The summed E-state index contributed by atoms with van der Waals surface area (Å²) in [5, 5.41) is 2.82. The number of hydrogen-bond donors (Lipinski definition) is 1. The molecule has 3 rings (SSSR count). The van der Waals surface area contributed by atoms with Crippen molar-refractivity contribution in [2.45, 2.75) is 64.4 Å². The highest BCUT2D eigenvalue weighted by molar-refractivity contribution is 7.14. The van der Waals surface area contributed by atoms with Crippen LogP contribution in [0.5, 0.6) is 5.75 Å². The van der Waals surface area contributed by atoms with Gasteiger partial charge in [-0.05, 0) is 56.9 Å². The van der Waals surface area contributed by atoms with Crippen molar-refractivity contribution in [1.82, 2.24) is 0 Å². The molecule has 5 nitrogen and oxygen atoms in total. The summed E-state index contributed by atoms with van der Waals surface area (Å²) in [6.45, 7) is 1.95. The summed E-state index contributed by atoms with van der Waals surface area (Å²) in [6, 6.07) is 11.1. The van der Waals surface area contributed by atoms with Gasteiger partial charge < -0.3 is 10.1 Å². The lowest BCUT2D eigenvalue weighted by molar-refractivity contribution is -0.122. The van der Waals surface area contributed by atoms with E-state index in [9.17, 15) is 14.4 Å². The van der Waals surface area contributed by atoms with Crippen LogP contribution in [-0.2, 0) is 9.59 Å².